The predicted molar refractivity (Wildman–Crippen MR) is 61.9 cm³/mol. The fourth-order valence-corrected chi connectivity index (χ4v) is 0.745. The molecule has 0 atom stereocenters. The van der Waals surface area contributed by atoms with Gasteiger partial charge in [0.2, 0.25) is 0 Å². The van der Waals surface area contributed by atoms with Crippen molar-refractivity contribution < 1.29 is 4.79 Å². The van der Waals surface area contributed by atoms with E-state index in [1.807, 2.05) is 6.92 Å². The van der Waals surface area contributed by atoms with Crippen molar-refractivity contribution in [3.8, 4) is 0 Å². The Morgan fingerprint density at radius 1 is 1.23 bits per heavy atom. The third-order valence-corrected chi connectivity index (χ3v) is 1.26. The van der Waals surface area contributed by atoms with E-state index in [4.69, 9.17) is 0 Å². The quantitative estimate of drug-likeness (QED) is 0.630. The van der Waals surface area contributed by atoms with Crippen LogP contribution in [0.1, 0.15) is 48.0 Å². The summed E-state index contributed by atoms with van der Waals surface area (Å²) >= 11 is 0. The Hall–Kier alpha value is -0.850. The van der Waals surface area contributed by atoms with Gasteiger partial charge in [0.05, 0.1) is 0 Å². The van der Waals surface area contributed by atoms with E-state index in [1.54, 1.807) is 6.92 Å². The number of carbonyl (C=O) groups is 1. The second kappa shape index (κ2) is 13.7. The molecule has 78 valence electrons. The molecule has 0 heterocycles. The number of ketones is 1. The number of allylic oxidation sites excluding steroid dienone is 4. The standard InChI is InChI=1S/C5H10O.C5H6.2CH4/c1-3-4-5(2)6;1-2-4-5-3-1;;/h3-4H2,1-2H3;1-4H,5H2;2*1H4. The molecule has 1 aliphatic carbocycles. The third-order valence-electron chi connectivity index (χ3n) is 1.26. The summed E-state index contributed by atoms with van der Waals surface area (Å²) in [4.78, 5) is 10.0. The lowest BCUT2D eigenvalue weighted by Gasteiger charge is -1.80. The van der Waals surface area contributed by atoms with Crippen LogP contribution in [-0.2, 0) is 4.79 Å². The van der Waals surface area contributed by atoms with Gasteiger partial charge in [-0.3, -0.25) is 0 Å². The molecule has 0 aliphatic heterocycles. The Kier molecular flexibility index (Phi) is 19.0. The van der Waals surface area contributed by atoms with Crippen LogP contribution in [0.25, 0.3) is 0 Å². The fraction of sp³-hybridized carbons (Fsp3) is 0.583. The van der Waals surface area contributed by atoms with Gasteiger partial charge >= 0.3 is 0 Å². The van der Waals surface area contributed by atoms with E-state index in [9.17, 15) is 4.79 Å². The van der Waals surface area contributed by atoms with Crippen molar-refractivity contribution in [2.45, 2.75) is 48.0 Å². The lowest BCUT2D eigenvalue weighted by atomic mass is 10.3. The van der Waals surface area contributed by atoms with Crippen molar-refractivity contribution in [1.82, 2.24) is 0 Å². The first kappa shape index (κ1) is 18.0. The largest absolute Gasteiger partial charge is 0.300 e. The minimum atomic E-state index is 0. The van der Waals surface area contributed by atoms with Crippen molar-refractivity contribution in [3.05, 3.63) is 24.3 Å². The first-order valence-corrected chi connectivity index (χ1v) is 4.08. The highest BCUT2D eigenvalue weighted by atomic mass is 16.1. The van der Waals surface area contributed by atoms with Gasteiger partial charge in [-0.25, -0.2) is 0 Å². The Balaban J connectivity index is -0.000000134. The Labute approximate surface area is 83.5 Å². The van der Waals surface area contributed by atoms with E-state index in [2.05, 4.69) is 24.3 Å². The summed E-state index contributed by atoms with van der Waals surface area (Å²) in [7, 11) is 0. The van der Waals surface area contributed by atoms with Crippen LogP contribution in [0.2, 0.25) is 0 Å². The second-order valence-corrected chi connectivity index (χ2v) is 2.54. The van der Waals surface area contributed by atoms with Crippen LogP contribution in [0.4, 0.5) is 0 Å². The third kappa shape index (κ3) is 18.3. The number of rotatable bonds is 2. The minimum Gasteiger partial charge on any atom is -0.300 e. The van der Waals surface area contributed by atoms with Crippen molar-refractivity contribution in [3.63, 3.8) is 0 Å². The normalized spacial score (nSPS) is 10.6. The molecule has 0 N–H and O–H groups in total. The highest BCUT2D eigenvalue weighted by Gasteiger charge is 1.83. The molecule has 0 aromatic carbocycles. The van der Waals surface area contributed by atoms with Gasteiger partial charge in [-0.05, 0) is 19.8 Å². The smallest absolute Gasteiger partial charge is 0.129 e. The predicted octanol–water partition coefficient (Wildman–Crippen LogP) is 4.15. The van der Waals surface area contributed by atoms with Crippen LogP contribution < -0.4 is 0 Å². The van der Waals surface area contributed by atoms with Crippen molar-refractivity contribution in [2.24, 2.45) is 0 Å². The maximum Gasteiger partial charge on any atom is 0.129 e. The van der Waals surface area contributed by atoms with Gasteiger partial charge in [0.1, 0.15) is 5.78 Å². The summed E-state index contributed by atoms with van der Waals surface area (Å²) in [5.74, 6) is 0.289. The maximum atomic E-state index is 10.0. The van der Waals surface area contributed by atoms with Gasteiger partial charge < -0.3 is 4.79 Å². The van der Waals surface area contributed by atoms with Crippen LogP contribution in [0.5, 0.6) is 0 Å². The molecule has 1 rings (SSSR count). The van der Waals surface area contributed by atoms with Crippen molar-refractivity contribution in [2.75, 3.05) is 0 Å². The zero-order valence-corrected chi connectivity index (χ0v) is 7.34. The van der Waals surface area contributed by atoms with Gasteiger partial charge in [0.25, 0.3) is 0 Å². The van der Waals surface area contributed by atoms with Crippen LogP contribution >= 0.6 is 0 Å². The van der Waals surface area contributed by atoms with Crippen LogP contribution in [0.15, 0.2) is 24.3 Å². The average molecular weight is 184 g/mol. The Morgan fingerprint density at radius 2 is 1.69 bits per heavy atom. The molecule has 1 aliphatic rings. The molecule has 0 aromatic heterocycles. The number of hydrogen-bond acceptors (Lipinski definition) is 1. The topological polar surface area (TPSA) is 17.1 Å². The monoisotopic (exact) mass is 184 g/mol. The summed E-state index contributed by atoms with van der Waals surface area (Å²) in [6.07, 6.45) is 11.2. The van der Waals surface area contributed by atoms with Gasteiger partial charge in [0.15, 0.2) is 0 Å². The SMILES string of the molecule is C.C.C1=CCC=C1.CCCC(C)=O. The molecule has 0 radical (unpaired) electrons. The van der Waals surface area contributed by atoms with E-state index < -0.39 is 0 Å². The molecule has 0 bridgehead atoms. The van der Waals surface area contributed by atoms with Crippen LogP contribution in [-0.4, -0.2) is 5.78 Å². The van der Waals surface area contributed by atoms with Crippen molar-refractivity contribution >= 4 is 5.78 Å². The molecule has 0 fully saturated rings. The summed E-state index contributed by atoms with van der Waals surface area (Å²) in [6.45, 7) is 3.62. The number of carbonyl (C=O) groups excluding carboxylic acids is 1. The molecule has 0 spiro atoms. The van der Waals surface area contributed by atoms with E-state index in [1.165, 1.54) is 0 Å². The molecule has 1 heteroatoms. The zero-order chi connectivity index (χ0) is 8.53. The van der Waals surface area contributed by atoms with Crippen molar-refractivity contribution in [1.29, 1.82) is 0 Å². The lowest BCUT2D eigenvalue weighted by Crippen LogP contribution is -1.84. The molecule has 0 saturated heterocycles. The summed E-state index contributed by atoms with van der Waals surface area (Å²) in [5, 5.41) is 0. The Morgan fingerprint density at radius 3 is 1.77 bits per heavy atom. The average Bonchev–Trinajstić information content (AvgIpc) is 2.41. The highest BCUT2D eigenvalue weighted by Crippen LogP contribution is 1.93. The molecule has 0 amide bonds. The number of Topliss-reactive ketones (excluding diaryl/α,β-unsaturated/α-hetero) is 1. The molecule has 13 heavy (non-hydrogen) atoms. The van der Waals surface area contributed by atoms with E-state index in [0.717, 1.165) is 19.3 Å². The van der Waals surface area contributed by atoms with Gasteiger partial charge in [-0.2, -0.15) is 0 Å². The maximum absolute atomic E-state index is 10.0. The zero-order valence-electron chi connectivity index (χ0n) is 7.34. The first-order chi connectivity index (χ1) is 5.27. The van der Waals surface area contributed by atoms with E-state index in [0.29, 0.717) is 0 Å². The Bertz CT molecular complexity index is 145. The molecular weight excluding hydrogens is 160 g/mol. The lowest BCUT2D eigenvalue weighted by molar-refractivity contribution is -0.117. The molecule has 0 saturated carbocycles. The summed E-state index contributed by atoms with van der Waals surface area (Å²) in [5.41, 5.74) is 0. The molecule has 0 unspecified atom stereocenters. The molecular formula is C12H24O. The first-order valence-electron chi connectivity index (χ1n) is 4.08. The summed E-state index contributed by atoms with van der Waals surface area (Å²) in [6, 6.07) is 0. The minimum absolute atomic E-state index is 0. The second-order valence-electron chi connectivity index (χ2n) is 2.54. The van der Waals surface area contributed by atoms with Crippen LogP contribution in [0, 0.1) is 0 Å². The van der Waals surface area contributed by atoms with Gasteiger partial charge in [-0.15, -0.1) is 0 Å². The van der Waals surface area contributed by atoms with Gasteiger partial charge in [0, 0.05) is 6.42 Å². The van der Waals surface area contributed by atoms with E-state index in [-0.39, 0.29) is 20.6 Å². The van der Waals surface area contributed by atoms with E-state index >= 15 is 0 Å². The number of hydrogen-bond donors (Lipinski definition) is 0. The molecule has 0 aromatic rings. The highest BCUT2D eigenvalue weighted by molar-refractivity contribution is 5.75. The fourth-order valence-electron chi connectivity index (χ4n) is 0.745. The molecule has 1 nitrogen and oxygen atoms in total. The summed E-state index contributed by atoms with van der Waals surface area (Å²) < 4.78 is 0. The van der Waals surface area contributed by atoms with Gasteiger partial charge in [-0.1, -0.05) is 46.1 Å². The van der Waals surface area contributed by atoms with Crippen LogP contribution in [0.3, 0.4) is 0 Å².